The Hall–Kier alpha value is -1.79. The number of carbonyl (C=O) groups excluding carboxylic acids is 3. The Morgan fingerprint density at radius 1 is 0.917 bits per heavy atom. The molecule has 2 atom stereocenters. The molecule has 0 aromatic carbocycles. The molecule has 140 valence electrons. The maximum Gasteiger partial charge on any atom is 0.408 e. The van der Waals surface area contributed by atoms with E-state index in [4.69, 9.17) is 4.74 Å². The Balaban J connectivity index is 4.98. The predicted octanol–water partition coefficient (Wildman–Crippen LogP) is 1.21. The molecule has 2 amide bonds. The number of amides is 2. The molecular weight excluding hydrogens is 312 g/mol. The zero-order valence-electron chi connectivity index (χ0n) is 15.8. The van der Waals surface area contributed by atoms with Crippen molar-refractivity contribution in [3.05, 3.63) is 0 Å². The van der Waals surface area contributed by atoms with Crippen LogP contribution < -0.4 is 15.7 Å². The first-order valence-electron chi connectivity index (χ1n) is 8.32. The van der Waals surface area contributed by atoms with E-state index in [1.165, 1.54) is 0 Å². The Bertz CT molecular complexity index is 441. The highest BCUT2D eigenvalue weighted by molar-refractivity contribution is 5.88. The summed E-state index contributed by atoms with van der Waals surface area (Å²) in [5.41, 5.74) is -0.686. The maximum absolute atomic E-state index is 12.4. The predicted molar refractivity (Wildman–Crippen MR) is 89.0 cm³/mol. The highest BCUT2D eigenvalue weighted by Crippen LogP contribution is 2.11. The minimum absolute atomic E-state index is 0.0792. The summed E-state index contributed by atoms with van der Waals surface area (Å²) in [6, 6.07) is -1.96. The van der Waals surface area contributed by atoms with Gasteiger partial charge in [0.25, 0.3) is 0 Å². The molecular formula is C17H31N2O5-. The van der Waals surface area contributed by atoms with Gasteiger partial charge in [0.15, 0.2) is 0 Å². The normalized spacial score (nSPS) is 14.2. The standard InChI is InChI=1S/C17H32N2O5/c1-10(2)8-12(19-16(23)24-17(5,6)7)14(20)18-13(15(21)22)9-11(3)4/h10-13H,8-9H2,1-7H3,(H,18,20)(H,19,23)(H,21,22)/p-1. The fourth-order valence-electron chi connectivity index (χ4n) is 2.11. The molecule has 7 nitrogen and oxygen atoms in total. The molecule has 0 rings (SSSR count). The van der Waals surface area contributed by atoms with Crippen molar-refractivity contribution in [1.29, 1.82) is 0 Å². The number of hydrogen-bond acceptors (Lipinski definition) is 5. The van der Waals surface area contributed by atoms with Gasteiger partial charge in [-0.1, -0.05) is 27.7 Å². The molecule has 0 heterocycles. The molecule has 24 heavy (non-hydrogen) atoms. The lowest BCUT2D eigenvalue weighted by atomic mass is 10.0. The van der Waals surface area contributed by atoms with Gasteiger partial charge in [-0.15, -0.1) is 0 Å². The maximum atomic E-state index is 12.4. The second kappa shape index (κ2) is 9.49. The molecule has 0 saturated carbocycles. The monoisotopic (exact) mass is 343 g/mol. The zero-order valence-corrected chi connectivity index (χ0v) is 15.8. The summed E-state index contributed by atoms with van der Waals surface area (Å²) in [7, 11) is 0. The van der Waals surface area contributed by atoms with Gasteiger partial charge >= 0.3 is 6.09 Å². The van der Waals surface area contributed by atoms with E-state index in [2.05, 4.69) is 10.6 Å². The number of carboxylic acids is 1. The SMILES string of the molecule is CC(C)CC(NC(=O)C(CC(C)C)NC(=O)OC(C)(C)C)C(=O)[O-]. The van der Waals surface area contributed by atoms with Gasteiger partial charge in [-0.2, -0.15) is 0 Å². The van der Waals surface area contributed by atoms with Crippen molar-refractivity contribution in [2.45, 2.75) is 79.0 Å². The van der Waals surface area contributed by atoms with Crippen LogP contribution in [-0.4, -0.2) is 35.7 Å². The zero-order chi connectivity index (χ0) is 19.1. The molecule has 2 N–H and O–H groups in total. The fraction of sp³-hybridized carbons (Fsp3) is 0.824. The molecule has 2 unspecified atom stereocenters. The Labute approximate surface area is 144 Å². The van der Waals surface area contributed by atoms with Crippen molar-refractivity contribution in [2.75, 3.05) is 0 Å². The van der Waals surface area contributed by atoms with E-state index in [1.807, 2.05) is 27.7 Å². The van der Waals surface area contributed by atoms with Crippen molar-refractivity contribution < 1.29 is 24.2 Å². The van der Waals surface area contributed by atoms with Crippen molar-refractivity contribution in [2.24, 2.45) is 11.8 Å². The van der Waals surface area contributed by atoms with E-state index in [0.29, 0.717) is 6.42 Å². The number of alkyl carbamates (subject to hydrolysis) is 1. The minimum atomic E-state index is -1.34. The van der Waals surface area contributed by atoms with E-state index in [9.17, 15) is 19.5 Å². The van der Waals surface area contributed by atoms with Crippen molar-refractivity contribution in [1.82, 2.24) is 10.6 Å². The van der Waals surface area contributed by atoms with Gasteiger partial charge in [-0.3, -0.25) is 4.79 Å². The number of nitrogens with one attached hydrogen (secondary N) is 2. The average Bonchev–Trinajstić information content (AvgIpc) is 2.33. The van der Waals surface area contributed by atoms with Crippen LogP contribution in [0.25, 0.3) is 0 Å². The highest BCUT2D eigenvalue weighted by atomic mass is 16.6. The van der Waals surface area contributed by atoms with E-state index < -0.39 is 35.7 Å². The van der Waals surface area contributed by atoms with Gasteiger partial charge in [-0.25, -0.2) is 4.79 Å². The Morgan fingerprint density at radius 2 is 1.38 bits per heavy atom. The number of hydrogen-bond donors (Lipinski definition) is 2. The molecule has 0 aliphatic rings. The summed E-state index contributed by atoms with van der Waals surface area (Å²) < 4.78 is 5.16. The lowest BCUT2D eigenvalue weighted by Crippen LogP contribution is -2.55. The van der Waals surface area contributed by atoms with Gasteiger partial charge in [-0.05, 0) is 45.4 Å². The molecule has 0 aliphatic carbocycles. The second-order valence-corrected chi connectivity index (χ2v) is 7.84. The molecule has 0 bridgehead atoms. The molecule has 0 saturated heterocycles. The first-order valence-corrected chi connectivity index (χ1v) is 8.32. The number of ether oxygens (including phenoxy) is 1. The second-order valence-electron chi connectivity index (χ2n) is 7.84. The molecule has 0 fully saturated rings. The summed E-state index contributed by atoms with van der Waals surface area (Å²) >= 11 is 0. The van der Waals surface area contributed by atoms with Gasteiger partial charge in [0.05, 0.1) is 12.0 Å². The third-order valence-electron chi connectivity index (χ3n) is 3.02. The molecule has 0 radical (unpaired) electrons. The third-order valence-corrected chi connectivity index (χ3v) is 3.02. The van der Waals surface area contributed by atoms with Crippen LogP contribution in [0.2, 0.25) is 0 Å². The summed E-state index contributed by atoms with van der Waals surface area (Å²) in [6.45, 7) is 12.7. The van der Waals surface area contributed by atoms with Crippen LogP contribution >= 0.6 is 0 Å². The van der Waals surface area contributed by atoms with E-state index >= 15 is 0 Å². The lowest BCUT2D eigenvalue weighted by Gasteiger charge is -2.27. The lowest BCUT2D eigenvalue weighted by molar-refractivity contribution is -0.308. The first kappa shape index (κ1) is 22.2. The number of carbonyl (C=O) groups is 3. The van der Waals surface area contributed by atoms with E-state index in [0.717, 1.165) is 0 Å². The summed E-state index contributed by atoms with van der Waals surface area (Å²) in [6.07, 6.45) is -0.0845. The first-order chi connectivity index (χ1) is 10.8. The largest absolute Gasteiger partial charge is 0.548 e. The summed E-state index contributed by atoms with van der Waals surface area (Å²) in [5.74, 6) is -1.68. The van der Waals surface area contributed by atoms with Gasteiger partial charge in [0.2, 0.25) is 5.91 Å². The quantitative estimate of drug-likeness (QED) is 0.689. The van der Waals surface area contributed by atoms with Crippen LogP contribution in [0.15, 0.2) is 0 Å². The molecule has 0 aromatic rings. The van der Waals surface area contributed by atoms with Crippen LogP contribution in [0.4, 0.5) is 4.79 Å². The fourth-order valence-corrected chi connectivity index (χ4v) is 2.11. The van der Waals surface area contributed by atoms with Gasteiger partial charge in [0, 0.05) is 0 Å². The molecule has 0 aromatic heterocycles. The number of rotatable bonds is 8. The Kier molecular flexibility index (Phi) is 8.78. The van der Waals surface area contributed by atoms with Gasteiger partial charge in [0.1, 0.15) is 11.6 Å². The molecule has 7 heteroatoms. The summed E-state index contributed by atoms with van der Waals surface area (Å²) in [5, 5.41) is 16.2. The molecule has 0 aliphatic heterocycles. The van der Waals surface area contributed by atoms with Crippen molar-refractivity contribution in [3.8, 4) is 0 Å². The third kappa shape index (κ3) is 10.1. The number of aliphatic carboxylic acids is 1. The van der Waals surface area contributed by atoms with E-state index in [-0.39, 0.29) is 18.3 Å². The van der Waals surface area contributed by atoms with Crippen LogP contribution in [0.1, 0.15) is 61.3 Å². The van der Waals surface area contributed by atoms with E-state index in [1.54, 1.807) is 20.8 Å². The van der Waals surface area contributed by atoms with Crippen molar-refractivity contribution >= 4 is 18.0 Å². The Morgan fingerprint density at radius 3 is 1.75 bits per heavy atom. The van der Waals surface area contributed by atoms with Crippen LogP contribution in [0.3, 0.4) is 0 Å². The smallest absolute Gasteiger partial charge is 0.408 e. The van der Waals surface area contributed by atoms with Crippen LogP contribution in [0.5, 0.6) is 0 Å². The molecule has 0 spiro atoms. The van der Waals surface area contributed by atoms with Gasteiger partial charge < -0.3 is 25.3 Å². The topological polar surface area (TPSA) is 108 Å². The summed E-state index contributed by atoms with van der Waals surface area (Å²) in [4.78, 5) is 35.5. The highest BCUT2D eigenvalue weighted by Gasteiger charge is 2.27. The van der Waals surface area contributed by atoms with Crippen LogP contribution in [0, 0.1) is 11.8 Å². The number of carboxylic acid groups (broad SMARTS) is 1. The van der Waals surface area contributed by atoms with Crippen LogP contribution in [-0.2, 0) is 14.3 Å². The minimum Gasteiger partial charge on any atom is -0.548 e. The van der Waals surface area contributed by atoms with Crippen molar-refractivity contribution in [3.63, 3.8) is 0 Å². The average molecular weight is 343 g/mol.